The van der Waals surface area contributed by atoms with Crippen molar-refractivity contribution >= 4 is 11.6 Å². The third-order valence-corrected chi connectivity index (χ3v) is 4.32. The van der Waals surface area contributed by atoms with Gasteiger partial charge in [-0.15, -0.1) is 4.39 Å². The van der Waals surface area contributed by atoms with E-state index in [9.17, 15) is 4.39 Å². The molecule has 3 heteroatoms. The second-order valence-electron chi connectivity index (χ2n) is 5.15. The van der Waals surface area contributed by atoms with Gasteiger partial charge in [0, 0.05) is 22.8 Å². The second kappa shape index (κ2) is 6.74. The van der Waals surface area contributed by atoms with E-state index in [1.165, 1.54) is 28.7 Å². The minimum absolute atomic E-state index is 0.490. The van der Waals surface area contributed by atoms with Crippen molar-refractivity contribution in [1.29, 1.82) is 0 Å². The maximum Gasteiger partial charge on any atom is 0.102 e. The van der Waals surface area contributed by atoms with Crippen molar-refractivity contribution < 1.29 is 4.39 Å². The molecule has 0 bridgehead atoms. The Hall–Kier alpha value is -1.85. The van der Waals surface area contributed by atoms with Gasteiger partial charge in [0.1, 0.15) is 6.17 Å². The molecule has 1 nitrogen and oxygen atoms in total. The number of rotatable bonds is 1. The zero-order valence-corrected chi connectivity index (χ0v) is 12.9. The lowest BCUT2D eigenvalue weighted by Gasteiger charge is -2.13. The number of terminal acetylenes is 1. The van der Waals surface area contributed by atoms with Gasteiger partial charge in [-0.1, -0.05) is 30.2 Å². The Bertz CT molecular complexity index is 671. The molecule has 1 aromatic carbocycles. The van der Waals surface area contributed by atoms with Gasteiger partial charge in [-0.05, 0) is 61.1 Å². The molecule has 1 aliphatic rings. The zero-order valence-electron chi connectivity index (χ0n) is 12.2. The predicted octanol–water partition coefficient (Wildman–Crippen LogP) is 4.98. The molecule has 0 saturated heterocycles. The van der Waals surface area contributed by atoms with Crippen molar-refractivity contribution in [3.8, 4) is 12.6 Å². The molecule has 1 aliphatic carbocycles. The molecule has 1 unspecified atom stereocenters. The number of benzene rings is 1. The summed E-state index contributed by atoms with van der Waals surface area (Å²) >= 11 is 5.95. The monoisotopic (exact) mass is 301 g/mol. The lowest BCUT2D eigenvalue weighted by Crippen LogP contribution is -1.99. The van der Waals surface area contributed by atoms with Gasteiger partial charge in [0.05, 0.1) is 0 Å². The molecule has 1 aromatic heterocycles. The molecule has 3 rings (SSSR count). The Balaban J connectivity index is 0.000000497. The lowest BCUT2D eigenvalue weighted by molar-refractivity contribution is 0.775. The van der Waals surface area contributed by atoms with Crippen LogP contribution in [0.3, 0.4) is 0 Å². The summed E-state index contributed by atoms with van der Waals surface area (Å²) in [6.45, 7) is 4.27. The second-order valence-corrected chi connectivity index (χ2v) is 5.59. The average molecular weight is 302 g/mol. The topological polar surface area (TPSA) is 12.9 Å². The summed E-state index contributed by atoms with van der Waals surface area (Å²) < 4.78 is 9.82. The normalized spacial score (nSPS) is 15.7. The van der Waals surface area contributed by atoms with Crippen molar-refractivity contribution in [2.45, 2.75) is 32.6 Å². The SMILES string of the molecule is C#CF.Cc1ncc2c(c1C)CCC2c1ccc(Cl)cc1. The van der Waals surface area contributed by atoms with Crippen LogP contribution >= 0.6 is 11.6 Å². The number of fused-ring (bicyclic) bond motifs is 1. The highest BCUT2D eigenvalue weighted by Gasteiger charge is 2.26. The van der Waals surface area contributed by atoms with Crippen LogP contribution < -0.4 is 0 Å². The first kappa shape index (κ1) is 15.5. The first-order valence-corrected chi connectivity index (χ1v) is 7.23. The van der Waals surface area contributed by atoms with Gasteiger partial charge in [0.2, 0.25) is 0 Å². The van der Waals surface area contributed by atoms with Crippen molar-refractivity contribution in [2.24, 2.45) is 0 Å². The minimum atomic E-state index is 0.490. The smallest absolute Gasteiger partial charge is 0.102 e. The van der Waals surface area contributed by atoms with Crippen LogP contribution in [-0.2, 0) is 6.42 Å². The van der Waals surface area contributed by atoms with Crippen LogP contribution in [0.15, 0.2) is 30.5 Å². The van der Waals surface area contributed by atoms with E-state index in [-0.39, 0.29) is 0 Å². The summed E-state index contributed by atoms with van der Waals surface area (Å²) in [5, 5.41) is 0.801. The van der Waals surface area contributed by atoms with Crippen LogP contribution in [0.1, 0.15) is 40.3 Å². The first-order valence-electron chi connectivity index (χ1n) is 6.85. The van der Waals surface area contributed by atoms with Gasteiger partial charge >= 0.3 is 0 Å². The molecule has 0 radical (unpaired) electrons. The number of nitrogens with zero attached hydrogens (tertiary/aromatic N) is 1. The first-order chi connectivity index (χ1) is 10.1. The van der Waals surface area contributed by atoms with Crippen molar-refractivity contribution in [2.75, 3.05) is 0 Å². The molecule has 0 N–H and O–H groups in total. The maximum absolute atomic E-state index is 9.82. The average Bonchev–Trinajstić information content (AvgIpc) is 2.89. The largest absolute Gasteiger partial charge is 0.261 e. The summed E-state index contributed by atoms with van der Waals surface area (Å²) in [6, 6.07) is 8.22. The molecule has 21 heavy (non-hydrogen) atoms. The third kappa shape index (κ3) is 3.25. The maximum atomic E-state index is 9.82. The van der Waals surface area contributed by atoms with E-state index in [0.29, 0.717) is 5.92 Å². The molecule has 0 fully saturated rings. The van der Waals surface area contributed by atoms with Gasteiger partial charge in [-0.25, -0.2) is 0 Å². The Kier molecular flexibility index (Phi) is 4.98. The number of pyridine rings is 1. The fraction of sp³-hybridized carbons (Fsp3) is 0.278. The minimum Gasteiger partial charge on any atom is -0.261 e. The zero-order chi connectivity index (χ0) is 15.4. The third-order valence-electron chi connectivity index (χ3n) is 4.07. The summed E-state index contributed by atoms with van der Waals surface area (Å²) in [5.41, 5.74) is 6.78. The Morgan fingerprint density at radius 3 is 2.52 bits per heavy atom. The molecule has 0 aliphatic heterocycles. The van der Waals surface area contributed by atoms with Crippen LogP contribution in [0.5, 0.6) is 0 Å². The number of aromatic nitrogens is 1. The summed E-state index contributed by atoms with van der Waals surface area (Å²) in [4.78, 5) is 4.52. The number of hydrogen-bond donors (Lipinski definition) is 0. The van der Waals surface area contributed by atoms with Crippen LogP contribution in [-0.4, -0.2) is 4.98 Å². The van der Waals surface area contributed by atoms with Crippen molar-refractivity contribution in [3.05, 3.63) is 63.4 Å². The molecule has 0 amide bonds. The number of aryl methyl sites for hydroxylation is 1. The fourth-order valence-electron chi connectivity index (χ4n) is 2.89. The fourth-order valence-corrected chi connectivity index (χ4v) is 3.02. The summed E-state index contributed by atoms with van der Waals surface area (Å²) in [6.07, 6.45) is 9.09. The van der Waals surface area contributed by atoms with Gasteiger partial charge in [-0.2, -0.15) is 0 Å². The van der Waals surface area contributed by atoms with Crippen LogP contribution in [0.25, 0.3) is 0 Å². The van der Waals surface area contributed by atoms with Crippen LogP contribution in [0, 0.1) is 26.4 Å². The Labute approximate surface area is 130 Å². The molecule has 1 heterocycles. The van der Waals surface area contributed by atoms with Gasteiger partial charge in [0.15, 0.2) is 0 Å². The molecular formula is C18H17ClFN. The van der Waals surface area contributed by atoms with E-state index in [1.54, 1.807) is 0 Å². The Morgan fingerprint density at radius 2 is 1.90 bits per heavy atom. The van der Waals surface area contributed by atoms with E-state index >= 15 is 0 Å². The highest BCUT2D eigenvalue weighted by molar-refractivity contribution is 6.30. The summed E-state index contributed by atoms with van der Waals surface area (Å²) in [7, 11) is 0. The van der Waals surface area contributed by atoms with Crippen LogP contribution in [0.4, 0.5) is 4.39 Å². The van der Waals surface area contributed by atoms with Crippen molar-refractivity contribution in [3.63, 3.8) is 0 Å². The molecule has 1 atom stereocenters. The molecule has 2 aromatic rings. The van der Waals surface area contributed by atoms with Gasteiger partial charge < -0.3 is 0 Å². The highest BCUT2D eigenvalue weighted by Crippen LogP contribution is 2.39. The van der Waals surface area contributed by atoms with Gasteiger partial charge in [0.25, 0.3) is 0 Å². The highest BCUT2D eigenvalue weighted by atomic mass is 35.5. The van der Waals surface area contributed by atoms with E-state index in [0.717, 1.165) is 23.3 Å². The quantitative estimate of drug-likeness (QED) is 0.677. The number of hydrogen-bond acceptors (Lipinski definition) is 1. The number of halogens is 2. The van der Waals surface area contributed by atoms with E-state index in [2.05, 4.69) is 43.6 Å². The van der Waals surface area contributed by atoms with Gasteiger partial charge in [-0.3, -0.25) is 4.98 Å². The van der Waals surface area contributed by atoms with E-state index in [1.807, 2.05) is 12.1 Å². The molecule has 0 spiro atoms. The molecule has 108 valence electrons. The summed E-state index contributed by atoms with van der Waals surface area (Å²) in [5.74, 6) is 0.490. The predicted molar refractivity (Wildman–Crippen MR) is 85.3 cm³/mol. The lowest BCUT2D eigenvalue weighted by atomic mass is 9.93. The van der Waals surface area contributed by atoms with Crippen molar-refractivity contribution in [1.82, 2.24) is 4.98 Å². The van der Waals surface area contributed by atoms with E-state index in [4.69, 9.17) is 11.6 Å². The van der Waals surface area contributed by atoms with E-state index < -0.39 is 0 Å². The molecular weight excluding hydrogens is 285 g/mol. The standard InChI is InChI=1S/C16H16ClN.C2HF/c1-10-11(2)18-9-16-14(10)7-8-15(16)12-3-5-13(17)6-4-12;1-2-3/h3-6,9,15H,7-8H2,1-2H3;1H. The molecule has 0 saturated carbocycles. The van der Waals surface area contributed by atoms with Crippen LogP contribution in [0.2, 0.25) is 5.02 Å². The Morgan fingerprint density at radius 1 is 1.29 bits per heavy atom.